The van der Waals surface area contributed by atoms with E-state index in [1.807, 2.05) is 0 Å². The molecule has 1 aliphatic rings. The van der Waals surface area contributed by atoms with Gasteiger partial charge in [0.05, 0.1) is 6.10 Å². The molecule has 2 atom stereocenters. The van der Waals surface area contributed by atoms with Crippen LogP contribution in [0.2, 0.25) is 0 Å². The van der Waals surface area contributed by atoms with Crippen LogP contribution >= 0.6 is 0 Å². The highest BCUT2D eigenvalue weighted by Crippen LogP contribution is 2.23. The number of hydrogen-bond donors (Lipinski definition) is 0. The predicted molar refractivity (Wildman–Crippen MR) is 66.1 cm³/mol. The van der Waals surface area contributed by atoms with E-state index in [1.54, 1.807) is 0 Å². The Morgan fingerprint density at radius 2 is 2.19 bits per heavy atom. The summed E-state index contributed by atoms with van der Waals surface area (Å²) in [4.78, 5) is 0. The zero-order valence-corrected chi connectivity index (χ0v) is 10.4. The van der Waals surface area contributed by atoms with Crippen molar-refractivity contribution in [2.45, 2.75) is 70.7 Å². The lowest BCUT2D eigenvalue weighted by molar-refractivity contribution is -0.188. The lowest BCUT2D eigenvalue weighted by Gasteiger charge is -2.29. The van der Waals surface area contributed by atoms with E-state index in [2.05, 4.69) is 12.8 Å². The van der Waals surface area contributed by atoms with Crippen molar-refractivity contribution in [2.24, 2.45) is 0 Å². The van der Waals surface area contributed by atoms with Crippen molar-refractivity contribution in [3.63, 3.8) is 0 Å². The van der Waals surface area contributed by atoms with Gasteiger partial charge in [-0.3, -0.25) is 0 Å². The summed E-state index contributed by atoms with van der Waals surface area (Å²) in [5.74, 6) is 2.49. The maximum Gasteiger partial charge on any atom is 0.159 e. The molecule has 0 aliphatic carbocycles. The topological polar surface area (TPSA) is 18.5 Å². The smallest absolute Gasteiger partial charge is 0.159 e. The van der Waals surface area contributed by atoms with E-state index in [0.717, 1.165) is 6.42 Å². The van der Waals surface area contributed by atoms with Gasteiger partial charge in [0.25, 0.3) is 0 Å². The second-order valence-corrected chi connectivity index (χ2v) is 4.48. The summed E-state index contributed by atoms with van der Waals surface area (Å²) in [5.41, 5.74) is 0. The monoisotopic (exact) mass is 224 g/mol. The number of unbranched alkanes of at least 4 members (excludes halogenated alkanes) is 3. The minimum atomic E-state index is -0.0547. The van der Waals surface area contributed by atoms with E-state index < -0.39 is 0 Å². The zero-order chi connectivity index (χ0) is 11.6. The number of terminal acetylenes is 1. The first-order valence-electron chi connectivity index (χ1n) is 6.57. The van der Waals surface area contributed by atoms with Gasteiger partial charge in [0.15, 0.2) is 6.29 Å². The maximum atomic E-state index is 5.85. The van der Waals surface area contributed by atoms with Gasteiger partial charge in [-0.1, -0.05) is 38.5 Å². The van der Waals surface area contributed by atoms with Gasteiger partial charge in [-0.2, -0.15) is 0 Å². The van der Waals surface area contributed by atoms with Crippen LogP contribution in [0.25, 0.3) is 0 Å². The predicted octanol–water partition coefficient (Wildman–Crippen LogP) is 3.50. The molecule has 0 aromatic carbocycles. The Labute approximate surface area is 99.7 Å². The van der Waals surface area contributed by atoms with Gasteiger partial charge < -0.3 is 9.47 Å². The highest BCUT2D eigenvalue weighted by atomic mass is 16.7. The average Bonchev–Trinajstić information content (AvgIpc) is 2.33. The van der Waals surface area contributed by atoms with Crippen LogP contribution in [0.4, 0.5) is 0 Å². The fourth-order valence-corrected chi connectivity index (χ4v) is 2.14. The van der Waals surface area contributed by atoms with Gasteiger partial charge in [0, 0.05) is 0 Å². The Morgan fingerprint density at radius 1 is 1.31 bits per heavy atom. The second kappa shape index (κ2) is 8.61. The summed E-state index contributed by atoms with van der Waals surface area (Å²) in [7, 11) is 0. The molecular weight excluding hydrogens is 200 g/mol. The Hall–Kier alpha value is -0.520. The Morgan fingerprint density at radius 3 is 2.94 bits per heavy atom. The normalized spacial score (nSPS) is 25.2. The molecule has 0 amide bonds. The van der Waals surface area contributed by atoms with Gasteiger partial charge >= 0.3 is 0 Å². The molecule has 0 N–H and O–H groups in total. The average molecular weight is 224 g/mol. The van der Waals surface area contributed by atoms with Crippen molar-refractivity contribution in [3.8, 4) is 12.3 Å². The quantitative estimate of drug-likeness (QED) is 0.487. The van der Waals surface area contributed by atoms with E-state index in [0.29, 0.717) is 12.7 Å². The molecule has 1 saturated heterocycles. The zero-order valence-electron chi connectivity index (χ0n) is 10.4. The standard InChI is InChI=1S/C14H24O2/c1-3-5-6-7-9-13-10-8-11-14(16-13)15-12-4-2/h2,13-14H,3,5-12H2,1H3/t13-,14-/m1/s1. The van der Waals surface area contributed by atoms with Gasteiger partial charge in [-0.25, -0.2) is 0 Å². The molecule has 0 aromatic heterocycles. The third-order valence-electron chi connectivity index (χ3n) is 3.04. The molecule has 2 heteroatoms. The molecule has 0 unspecified atom stereocenters. The van der Waals surface area contributed by atoms with Gasteiger partial charge in [-0.15, -0.1) is 6.42 Å². The summed E-state index contributed by atoms with van der Waals surface area (Å²) in [6, 6.07) is 0. The molecule has 16 heavy (non-hydrogen) atoms. The lowest BCUT2D eigenvalue weighted by Crippen LogP contribution is -2.29. The van der Waals surface area contributed by atoms with E-state index >= 15 is 0 Å². The van der Waals surface area contributed by atoms with Crippen LogP contribution in [0.3, 0.4) is 0 Å². The summed E-state index contributed by atoms with van der Waals surface area (Å²) in [6.45, 7) is 2.61. The SMILES string of the molecule is C#CCO[C@H]1CCC[C@@H](CCCCCC)O1. The van der Waals surface area contributed by atoms with E-state index in [9.17, 15) is 0 Å². The molecule has 1 aliphatic heterocycles. The molecular formula is C14H24O2. The van der Waals surface area contributed by atoms with Crippen LogP contribution < -0.4 is 0 Å². The van der Waals surface area contributed by atoms with Crippen molar-refractivity contribution in [3.05, 3.63) is 0 Å². The Bertz CT molecular complexity index is 207. The maximum absolute atomic E-state index is 5.85. The van der Waals surface area contributed by atoms with Crippen LogP contribution in [0.5, 0.6) is 0 Å². The molecule has 0 bridgehead atoms. The number of rotatable bonds is 7. The van der Waals surface area contributed by atoms with Gasteiger partial charge in [-0.05, 0) is 25.7 Å². The molecule has 1 heterocycles. The summed E-state index contributed by atoms with van der Waals surface area (Å²) in [6.07, 6.45) is 15.3. The first kappa shape index (κ1) is 13.5. The minimum absolute atomic E-state index is 0.0547. The van der Waals surface area contributed by atoms with Gasteiger partial charge in [0.2, 0.25) is 0 Å². The molecule has 1 fully saturated rings. The van der Waals surface area contributed by atoms with Crippen molar-refractivity contribution in [2.75, 3.05) is 6.61 Å². The molecule has 0 aromatic rings. The van der Waals surface area contributed by atoms with Crippen LogP contribution in [-0.4, -0.2) is 19.0 Å². The van der Waals surface area contributed by atoms with Crippen LogP contribution in [0, 0.1) is 12.3 Å². The summed E-state index contributed by atoms with van der Waals surface area (Å²) < 4.78 is 11.3. The van der Waals surface area contributed by atoms with E-state index in [4.69, 9.17) is 15.9 Å². The first-order chi connectivity index (χ1) is 7.86. The second-order valence-electron chi connectivity index (χ2n) is 4.48. The van der Waals surface area contributed by atoms with Crippen LogP contribution in [0.15, 0.2) is 0 Å². The lowest BCUT2D eigenvalue weighted by atomic mass is 10.0. The molecule has 92 valence electrons. The van der Waals surface area contributed by atoms with Crippen molar-refractivity contribution < 1.29 is 9.47 Å². The highest BCUT2D eigenvalue weighted by Gasteiger charge is 2.21. The van der Waals surface area contributed by atoms with E-state index in [1.165, 1.54) is 44.9 Å². The first-order valence-corrected chi connectivity index (χ1v) is 6.57. The van der Waals surface area contributed by atoms with Crippen LogP contribution in [-0.2, 0) is 9.47 Å². The minimum Gasteiger partial charge on any atom is -0.349 e. The largest absolute Gasteiger partial charge is 0.349 e. The van der Waals surface area contributed by atoms with E-state index in [-0.39, 0.29) is 6.29 Å². The fraction of sp³-hybridized carbons (Fsp3) is 0.857. The molecule has 2 nitrogen and oxygen atoms in total. The number of ether oxygens (including phenoxy) is 2. The molecule has 1 rings (SSSR count). The van der Waals surface area contributed by atoms with Crippen molar-refractivity contribution >= 4 is 0 Å². The Balaban J connectivity index is 2.10. The van der Waals surface area contributed by atoms with Crippen molar-refractivity contribution in [1.29, 1.82) is 0 Å². The third-order valence-corrected chi connectivity index (χ3v) is 3.04. The molecule has 0 spiro atoms. The van der Waals surface area contributed by atoms with Gasteiger partial charge in [0.1, 0.15) is 6.61 Å². The third kappa shape index (κ3) is 5.53. The Kier molecular flexibility index (Phi) is 7.29. The van der Waals surface area contributed by atoms with Crippen LogP contribution in [0.1, 0.15) is 58.3 Å². The summed E-state index contributed by atoms with van der Waals surface area (Å²) in [5, 5.41) is 0. The summed E-state index contributed by atoms with van der Waals surface area (Å²) >= 11 is 0. The highest BCUT2D eigenvalue weighted by molar-refractivity contribution is 4.83. The molecule has 0 radical (unpaired) electrons. The van der Waals surface area contributed by atoms with Crippen molar-refractivity contribution in [1.82, 2.24) is 0 Å². The number of hydrogen-bond acceptors (Lipinski definition) is 2. The fourth-order valence-electron chi connectivity index (χ4n) is 2.14. The molecule has 0 saturated carbocycles.